The molecule has 3 rings (SSSR count). The van der Waals surface area contributed by atoms with Gasteiger partial charge in [-0.05, 0) is 12.1 Å². The highest BCUT2D eigenvalue weighted by Gasteiger charge is 2.37. The van der Waals surface area contributed by atoms with E-state index in [0.717, 1.165) is 5.06 Å². The van der Waals surface area contributed by atoms with Crippen LogP contribution in [-0.4, -0.2) is 73.4 Å². The maximum atomic E-state index is 12.1. The molecule has 10 heteroatoms. The first-order valence-corrected chi connectivity index (χ1v) is 9.78. The van der Waals surface area contributed by atoms with Gasteiger partial charge >= 0.3 is 0 Å². The van der Waals surface area contributed by atoms with E-state index in [4.69, 9.17) is 19.1 Å². The molecule has 0 fully saturated rings. The van der Waals surface area contributed by atoms with Crippen molar-refractivity contribution in [2.75, 3.05) is 39.6 Å². The van der Waals surface area contributed by atoms with Crippen molar-refractivity contribution in [2.24, 2.45) is 0 Å². The summed E-state index contributed by atoms with van der Waals surface area (Å²) in [7, 11) is 0. The predicted molar refractivity (Wildman–Crippen MR) is 110 cm³/mol. The van der Waals surface area contributed by atoms with Crippen LogP contribution >= 0.6 is 0 Å². The molecule has 0 saturated heterocycles. The molecule has 4 amide bonds. The lowest BCUT2D eigenvalue weighted by Gasteiger charge is -2.14. The van der Waals surface area contributed by atoms with Crippen molar-refractivity contribution >= 4 is 23.6 Å². The third kappa shape index (κ3) is 4.73. The summed E-state index contributed by atoms with van der Waals surface area (Å²) in [5.74, 6) is -2.19. The normalized spacial score (nSPS) is 15.8. The lowest BCUT2D eigenvalue weighted by atomic mass is 10.1. The van der Waals surface area contributed by atoms with Crippen LogP contribution in [0.4, 0.5) is 0 Å². The van der Waals surface area contributed by atoms with Crippen LogP contribution in [0, 0.1) is 0 Å². The standard InChI is InChI=1S/C22H22N2O8/c1-3-15-16(4-2)20(26)23(19(15)25)31-13-11-29-9-10-30-12-14-32-24-21(27)17-7-5-6-8-18(17)22(24)28/h3-8H,1-2,9-14H2. The van der Waals surface area contributed by atoms with Gasteiger partial charge in [0.1, 0.15) is 0 Å². The van der Waals surface area contributed by atoms with E-state index >= 15 is 0 Å². The summed E-state index contributed by atoms with van der Waals surface area (Å²) in [6.45, 7) is 7.73. The predicted octanol–water partition coefficient (Wildman–Crippen LogP) is 1.22. The van der Waals surface area contributed by atoms with E-state index in [1.54, 1.807) is 24.3 Å². The molecule has 0 N–H and O–H groups in total. The second-order valence-corrected chi connectivity index (χ2v) is 6.48. The average Bonchev–Trinajstić information content (AvgIpc) is 3.19. The summed E-state index contributed by atoms with van der Waals surface area (Å²) >= 11 is 0. The molecule has 0 radical (unpaired) electrons. The van der Waals surface area contributed by atoms with Crippen molar-refractivity contribution in [3.8, 4) is 0 Å². The largest absolute Gasteiger partial charge is 0.377 e. The monoisotopic (exact) mass is 442 g/mol. The van der Waals surface area contributed by atoms with E-state index < -0.39 is 23.6 Å². The second-order valence-electron chi connectivity index (χ2n) is 6.48. The molecular weight excluding hydrogens is 420 g/mol. The highest BCUT2D eigenvalue weighted by molar-refractivity contribution is 6.21. The Morgan fingerprint density at radius 2 is 1.00 bits per heavy atom. The number of ether oxygens (including phenoxy) is 2. The maximum absolute atomic E-state index is 12.1. The van der Waals surface area contributed by atoms with Crippen LogP contribution in [-0.2, 0) is 28.7 Å². The summed E-state index contributed by atoms with van der Waals surface area (Å²) in [6, 6.07) is 6.49. The van der Waals surface area contributed by atoms with Gasteiger partial charge in [-0.2, -0.15) is 0 Å². The van der Waals surface area contributed by atoms with Crippen molar-refractivity contribution in [3.63, 3.8) is 0 Å². The van der Waals surface area contributed by atoms with E-state index in [0.29, 0.717) is 16.2 Å². The average molecular weight is 442 g/mol. The van der Waals surface area contributed by atoms with E-state index in [1.165, 1.54) is 12.2 Å². The SMILES string of the molecule is C=CC1=C(C=C)C(=O)N(OCCOCCOCCON2C(=O)c3ccccc3C2=O)C1=O. The smallest absolute Gasteiger partial charge is 0.285 e. The van der Waals surface area contributed by atoms with Crippen LogP contribution in [0.3, 0.4) is 0 Å². The number of hydrogen-bond donors (Lipinski definition) is 0. The molecule has 1 aromatic rings. The lowest BCUT2D eigenvalue weighted by molar-refractivity contribution is -0.189. The number of imide groups is 2. The number of amides is 4. The molecule has 32 heavy (non-hydrogen) atoms. The quantitative estimate of drug-likeness (QED) is 0.331. The van der Waals surface area contributed by atoms with Crippen molar-refractivity contribution in [1.82, 2.24) is 10.1 Å². The first-order valence-electron chi connectivity index (χ1n) is 9.78. The summed E-state index contributed by atoms with van der Waals surface area (Å²) in [5.41, 5.74) is 0.901. The molecule has 0 saturated carbocycles. The Labute approximate surface area is 184 Å². The fraction of sp³-hybridized carbons (Fsp3) is 0.273. The number of hydroxylamine groups is 4. The van der Waals surface area contributed by atoms with E-state index in [-0.39, 0.29) is 50.8 Å². The number of carbonyl (C=O) groups excluding carboxylic acids is 4. The molecule has 1 aromatic carbocycles. The van der Waals surface area contributed by atoms with Gasteiger partial charge in [0.2, 0.25) is 0 Å². The van der Waals surface area contributed by atoms with Crippen molar-refractivity contribution < 1.29 is 38.3 Å². The van der Waals surface area contributed by atoms with Crippen LogP contribution in [0.1, 0.15) is 20.7 Å². The number of nitrogens with zero attached hydrogens (tertiary/aromatic N) is 2. The first kappa shape index (κ1) is 23.2. The Balaban J connectivity index is 1.24. The summed E-state index contributed by atoms with van der Waals surface area (Å²) in [6.07, 6.45) is 2.57. The Morgan fingerprint density at radius 3 is 1.41 bits per heavy atom. The van der Waals surface area contributed by atoms with Gasteiger partial charge in [-0.25, -0.2) is 0 Å². The number of benzene rings is 1. The van der Waals surface area contributed by atoms with Crippen molar-refractivity contribution in [3.05, 3.63) is 71.8 Å². The highest BCUT2D eigenvalue weighted by atomic mass is 16.7. The molecule has 2 aliphatic heterocycles. The topological polar surface area (TPSA) is 112 Å². The Kier molecular flexibility index (Phi) is 7.79. The molecular formula is C22H22N2O8. The summed E-state index contributed by atoms with van der Waals surface area (Å²) in [4.78, 5) is 58.8. The Hall–Kier alpha value is -3.44. The molecule has 10 nitrogen and oxygen atoms in total. The molecule has 0 atom stereocenters. The molecule has 0 aromatic heterocycles. The van der Waals surface area contributed by atoms with Gasteiger partial charge in [0, 0.05) is 0 Å². The Morgan fingerprint density at radius 1 is 0.625 bits per heavy atom. The Bertz CT molecular complexity index is 919. The number of hydrogen-bond acceptors (Lipinski definition) is 8. The minimum Gasteiger partial charge on any atom is -0.377 e. The van der Waals surface area contributed by atoms with Crippen LogP contribution in [0.2, 0.25) is 0 Å². The fourth-order valence-electron chi connectivity index (χ4n) is 3.03. The first-order chi connectivity index (χ1) is 15.5. The van der Waals surface area contributed by atoms with Gasteiger partial charge in [0.05, 0.1) is 61.9 Å². The second kappa shape index (κ2) is 10.7. The summed E-state index contributed by atoms with van der Waals surface area (Å²) in [5, 5.41) is 1.39. The van der Waals surface area contributed by atoms with Crippen molar-refractivity contribution in [1.29, 1.82) is 0 Å². The minimum absolute atomic E-state index is 0.0119. The van der Waals surface area contributed by atoms with Gasteiger partial charge < -0.3 is 9.47 Å². The molecule has 168 valence electrons. The number of fused-ring (bicyclic) bond motifs is 1. The van der Waals surface area contributed by atoms with Crippen LogP contribution in [0.5, 0.6) is 0 Å². The van der Waals surface area contributed by atoms with E-state index in [2.05, 4.69) is 13.2 Å². The highest BCUT2D eigenvalue weighted by Crippen LogP contribution is 2.23. The van der Waals surface area contributed by atoms with Gasteiger partial charge in [-0.3, -0.25) is 28.9 Å². The number of rotatable bonds is 13. The van der Waals surface area contributed by atoms with E-state index in [1.807, 2.05) is 0 Å². The lowest BCUT2D eigenvalue weighted by Crippen LogP contribution is -2.33. The van der Waals surface area contributed by atoms with Crippen LogP contribution in [0.15, 0.2) is 60.7 Å². The maximum Gasteiger partial charge on any atom is 0.285 e. The number of carbonyl (C=O) groups is 4. The molecule has 2 aliphatic rings. The molecule has 0 aliphatic carbocycles. The van der Waals surface area contributed by atoms with Crippen LogP contribution in [0.25, 0.3) is 0 Å². The molecule has 2 heterocycles. The van der Waals surface area contributed by atoms with Gasteiger partial charge in [-0.1, -0.05) is 37.4 Å². The third-order valence-electron chi connectivity index (χ3n) is 4.55. The van der Waals surface area contributed by atoms with Gasteiger partial charge in [0.15, 0.2) is 0 Å². The summed E-state index contributed by atoms with van der Waals surface area (Å²) < 4.78 is 10.6. The zero-order valence-corrected chi connectivity index (χ0v) is 17.3. The third-order valence-corrected chi connectivity index (χ3v) is 4.55. The molecule has 0 bridgehead atoms. The fourth-order valence-corrected chi connectivity index (χ4v) is 3.03. The zero-order chi connectivity index (χ0) is 23.1. The minimum atomic E-state index is -0.596. The van der Waals surface area contributed by atoms with Crippen LogP contribution < -0.4 is 0 Å². The van der Waals surface area contributed by atoms with Crippen molar-refractivity contribution in [2.45, 2.75) is 0 Å². The molecule has 0 unspecified atom stereocenters. The molecule has 0 spiro atoms. The van der Waals surface area contributed by atoms with Gasteiger partial charge in [0.25, 0.3) is 23.6 Å². The van der Waals surface area contributed by atoms with Gasteiger partial charge in [-0.15, -0.1) is 10.1 Å². The van der Waals surface area contributed by atoms with E-state index in [9.17, 15) is 19.2 Å². The zero-order valence-electron chi connectivity index (χ0n) is 17.3.